The Kier molecular flexibility index (Phi) is 4.49. The summed E-state index contributed by atoms with van der Waals surface area (Å²) < 4.78 is 0. The van der Waals surface area contributed by atoms with Crippen LogP contribution in [0.25, 0.3) is 0 Å². The van der Waals surface area contributed by atoms with Crippen molar-refractivity contribution in [2.75, 3.05) is 6.54 Å². The van der Waals surface area contributed by atoms with E-state index in [1.54, 1.807) is 11.0 Å². The smallest absolute Gasteiger partial charge is 0.255 e. The first-order valence-electron chi connectivity index (χ1n) is 9.44. The van der Waals surface area contributed by atoms with Crippen LogP contribution in [0, 0.1) is 0 Å². The topological polar surface area (TPSA) is 63.4 Å². The van der Waals surface area contributed by atoms with Crippen LogP contribution in [0.3, 0.4) is 0 Å². The van der Waals surface area contributed by atoms with Gasteiger partial charge in [0.05, 0.1) is 0 Å². The van der Waals surface area contributed by atoms with Crippen LogP contribution in [0.4, 0.5) is 0 Å². The number of rotatable bonds is 5. The largest absolute Gasteiger partial charge is 0.368 e. The van der Waals surface area contributed by atoms with Crippen molar-refractivity contribution in [3.05, 3.63) is 70.8 Å². The molecule has 1 atom stereocenters. The van der Waals surface area contributed by atoms with Gasteiger partial charge in [-0.1, -0.05) is 55.3 Å². The Morgan fingerprint density at radius 2 is 1.65 bits per heavy atom. The molecular weight excluding hydrogens is 324 g/mol. The minimum atomic E-state index is -0.655. The van der Waals surface area contributed by atoms with Gasteiger partial charge in [0.2, 0.25) is 5.91 Å². The summed E-state index contributed by atoms with van der Waals surface area (Å²) in [5.74, 6) is 0.0692. The molecule has 1 saturated carbocycles. The van der Waals surface area contributed by atoms with Crippen molar-refractivity contribution in [3.63, 3.8) is 0 Å². The van der Waals surface area contributed by atoms with Crippen molar-refractivity contribution in [3.8, 4) is 0 Å². The molecule has 0 aromatic heterocycles. The van der Waals surface area contributed by atoms with E-state index in [2.05, 4.69) is 24.3 Å². The zero-order valence-electron chi connectivity index (χ0n) is 14.9. The lowest BCUT2D eigenvalue weighted by atomic mass is 9.91. The Balaban J connectivity index is 1.57. The predicted octanol–water partition coefficient (Wildman–Crippen LogP) is 3.57. The third kappa shape index (κ3) is 2.90. The highest BCUT2D eigenvalue weighted by atomic mass is 16.2. The molecule has 1 aliphatic heterocycles. The molecule has 2 amide bonds. The van der Waals surface area contributed by atoms with Crippen LogP contribution in [0.1, 0.15) is 64.7 Å². The first-order chi connectivity index (χ1) is 12.7. The number of benzene rings is 2. The number of carbonyl (C=O) groups is 2. The standard InChI is InChI=1S/C22H24N2O2/c23-21(25)20-18-11-5-6-12-19(18)22(26)24(20)14-13-16-9-3-4-10-17(16)15-7-1-2-8-15/h3-6,9-12,15,20H,1-2,7-8,13-14H2,(H2,23,25). The Labute approximate surface area is 154 Å². The number of primary amides is 1. The van der Waals surface area contributed by atoms with E-state index in [0.717, 1.165) is 12.0 Å². The van der Waals surface area contributed by atoms with Gasteiger partial charge in [-0.05, 0) is 47.9 Å². The van der Waals surface area contributed by atoms with Crippen molar-refractivity contribution in [2.24, 2.45) is 5.73 Å². The highest BCUT2D eigenvalue weighted by molar-refractivity contribution is 6.04. The summed E-state index contributed by atoms with van der Waals surface area (Å²) in [5.41, 5.74) is 9.65. The Morgan fingerprint density at radius 1 is 1.00 bits per heavy atom. The van der Waals surface area contributed by atoms with Crippen LogP contribution in [0.5, 0.6) is 0 Å². The molecular formula is C22H24N2O2. The number of hydrogen-bond donors (Lipinski definition) is 1. The van der Waals surface area contributed by atoms with Gasteiger partial charge >= 0.3 is 0 Å². The number of nitrogens with two attached hydrogens (primary N) is 1. The molecule has 1 fully saturated rings. The molecule has 0 saturated heterocycles. The molecule has 1 aliphatic carbocycles. The lowest BCUT2D eigenvalue weighted by molar-refractivity contribution is -0.122. The molecule has 0 radical (unpaired) electrons. The maximum atomic E-state index is 12.8. The Morgan fingerprint density at radius 3 is 2.38 bits per heavy atom. The zero-order chi connectivity index (χ0) is 18.1. The minimum absolute atomic E-state index is 0.0947. The average molecular weight is 348 g/mol. The quantitative estimate of drug-likeness (QED) is 0.898. The summed E-state index contributed by atoms with van der Waals surface area (Å²) >= 11 is 0. The molecule has 0 bridgehead atoms. The van der Waals surface area contributed by atoms with Crippen molar-refractivity contribution < 1.29 is 9.59 Å². The molecule has 4 nitrogen and oxygen atoms in total. The van der Waals surface area contributed by atoms with Gasteiger partial charge in [-0.3, -0.25) is 9.59 Å². The molecule has 1 heterocycles. The normalized spacial score (nSPS) is 19.8. The van der Waals surface area contributed by atoms with E-state index in [1.807, 2.05) is 18.2 Å². The number of fused-ring (bicyclic) bond motifs is 1. The summed E-state index contributed by atoms with van der Waals surface area (Å²) in [6, 6.07) is 15.2. The van der Waals surface area contributed by atoms with Gasteiger partial charge in [0, 0.05) is 12.1 Å². The summed E-state index contributed by atoms with van der Waals surface area (Å²) in [6.45, 7) is 0.505. The van der Waals surface area contributed by atoms with E-state index >= 15 is 0 Å². The van der Waals surface area contributed by atoms with Gasteiger partial charge in [0.15, 0.2) is 0 Å². The van der Waals surface area contributed by atoms with Gasteiger partial charge in [-0.15, -0.1) is 0 Å². The van der Waals surface area contributed by atoms with E-state index in [9.17, 15) is 9.59 Å². The first-order valence-corrected chi connectivity index (χ1v) is 9.44. The monoisotopic (exact) mass is 348 g/mol. The lowest BCUT2D eigenvalue weighted by Gasteiger charge is -2.24. The summed E-state index contributed by atoms with van der Waals surface area (Å²) in [4.78, 5) is 26.5. The number of carbonyl (C=O) groups excluding carboxylic acids is 2. The molecule has 0 spiro atoms. The van der Waals surface area contributed by atoms with E-state index in [-0.39, 0.29) is 5.91 Å². The van der Waals surface area contributed by atoms with Crippen molar-refractivity contribution in [2.45, 2.75) is 44.1 Å². The van der Waals surface area contributed by atoms with Crippen molar-refractivity contribution in [1.82, 2.24) is 4.90 Å². The van der Waals surface area contributed by atoms with Gasteiger partial charge in [0.1, 0.15) is 6.04 Å². The number of hydrogen-bond acceptors (Lipinski definition) is 2. The maximum Gasteiger partial charge on any atom is 0.255 e. The molecule has 2 aromatic rings. The fraction of sp³-hybridized carbons (Fsp3) is 0.364. The second-order valence-corrected chi connectivity index (χ2v) is 7.32. The molecule has 1 unspecified atom stereocenters. The molecule has 2 N–H and O–H groups in total. The van der Waals surface area contributed by atoms with Crippen molar-refractivity contribution >= 4 is 11.8 Å². The van der Waals surface area contributed by atoms with Crippen molar-refractivity contribution in [1.29, 1.82) is 0 Å². The first kappa shape index (κ1) is 16.8. The molecule has 2 aliphatic rings. The van der Waals surface area contributed by atoms with Crippen LogP contribution >= 0.6 is 0 Å². The summed E-state index contributed by atoms with van der Waals surface area (Å²) in [6.07, 6.45) is 5.82. The Bertz CT molecular complexity index is 840. The lowest BCUT2D eigenvalue weighted by Crippen LogP contribution is -2.37. The van der Waals surface area contributed by atoms with Crippen LogP contribution in [-0.2, 0) is 11.2 Å². The fourth-order valence-corrected chi connectivity index (χ4v) is 4.55. The molecule has 26 heavy (non-hydrogen) atoms. The van der Waals surface area contributed by atoms with Gasteiger partial charge in [-0.2, -0.15) is 0 Å². The number of amides is 2. The van der Waals surface area contributed by atoms with Crippen LogP contribution < -0.4 is 5.73 Å². The molecule has 2 aromatic carbocycles. The third-order valence-electron chi connectivity index (χ3n) is 5.80. The SMILES string of the molecule is NC(=O)C1c2ccccc2C(=O)N1CCc1ccccc1C1CCCC1. The number of nitrogens with zero attached hydrogens (tertiary/aromatic N) is 1. The highest BCUT2D eigenvalue weighted by Gasteiger charge is 2.39. The summed E-state index contributed by atoms with van der Waals surface area (Å²) in [5, 5.41) is 0. The highest BCUT2D eigenvalue weighted by Crippen LogP contribution is 2.37. The molecule has 4 rings (SSSR count). The van der Waals surface area contributed by atoms with E-state index < -0.39 is 11.9 Å². The molecule has 134 valence electrons. The second kappa shape index (κ2) is 6.94. The summed E-state index contributed by atoms with van der Waals surface area (Å²) in [7, 11) is 0. The van der Waals surface area contributed by atoms with Gasteiger partial charge in [0.25, 0.3) is 5.91 Å². The maximum absolute atomic E-state index is 12.8. The van der Waals surface area contributed by atoms with Gasteiger partial charge < -0.3 is 10.6 Å². The molecule has 4 heteroatoms. The Hall–Kier alpha value is -2.62. The third-order valence-corrected chi connectivity index (χ3v) is 5.80. The van der Waals surface area contributed by atoms with Crippen LogP contribution in [0.2, 0.25) is 0 Å². The minimum Gasteiger partial charge on any atom is -0.368 e. The fourth-order valence-electron chi connectivity index (χ4n) is 4.55. The average Bonchev–Trinajstić information content (AvgIpc) is 3.27. The van der Waals surface area contributed by atoms with E-state index in [1.165, 1.54) is 36.8 Å². The van der Waals surface area contributed by atoms with Crippen LogP contribution in [-0.4, -0.2) is 23.3 Å². The van der Waals surface area contributed by atoms with E-state index in [0.29, 0.717) is 18.0 Å². The zero-order valence-corrected chi connectivity index (χ0v) is 14.9. The van der Waals surface area contributed by atoms with Crippen LogP contribution in [0.15, 0.2) is 48.5 Å². The predicted molar refractivity (Wildman–Crippen MR) is 101 cm³/mol. The van der Waals surface area contributed by atoms with E-state index in [4.69, 9.17) is 5.73 Å². The second-order valence-electron chi connectivity index (χ2n) is 7.32. The van der Waals surface area contributed by atoms with Gasteiger partial charge in [-0.25, -0.2) is 0 Å².